The van der Waals surface area contributed by atoms with Crippen LogP contribution in [0.5, 0.6) is 0 Å². The van der Waals surface area contributed by atoms with Crippen molar-refractivity contribution in [3.63, 3.8) is 0 Å². The molecule has 1 aromatic heterocycles. The van der Waals surface area contributed by atoms with E-state index in [9.17, 15) is 4.79 Å². The van der Waals surface area contributed by atoms with Crippen LogP contribution in [0.15, 0.2) is 30.7 Å². The lowest BCUT2D eigenvalue weighted by atomic mass is 10.1. The van der Waals surface area contributed by atoms with Gasteiger partial charge in [0.2, 0.25) is 0 Å². The second-order valence-electron chi connectivity index (χ2n) is 5.34. The number of hydrogen-bond acceptors (Lipinski definition) is 2. The van der Waals surface area contributed by atoms with Gasteiger partial charge in [-0.25, -0.2) is 9.78 Å². The zero-order valence-electron chi connectivity index (χ0n) is 12.1. The highest BCUT2D eigenvalue weighted by molar-refractivity contribution is 6.35. The van der Waals surface area contributed by atoms with Crippen LogP contribution in [0, 0.1) is 0 Å². The minimum Gasteiger partial charge on any atom is -0.331 e. The number of fused-ring (bicyclic) bond motifs is 1. The first-order valence-electron chi connectivity index (χ1n) is 7.04. The summed E-state index contributed by atoms with van der Waals surface area (Å²) in [5.74, 6) is 0. The fourth-order valence-corrected chi connectivity index (χ4v) is 3.14. The summed E-state index contributed by atoms with van der Waals surface area (Å²) in [6.45, 7) is 3.89. The zero-order chi connectivity index (χ0) is 15.7. The van der Waals surface area contributed by atoms with Crippen molar-refractivity contribution in [2.45, 2.75) is 26.1 Å². The van der Waals surface area contributed by atoms with Gasteiger partial charge in [-0.1, -0.05) is 29.3 Å². The average Bonchev–Trinajstić information content (AvgIpc) is 2.94. The molecule has 0 saturated heterocycles. The largest absolute Gasteiger partial charge is 0.331 e. The van der Waals surface area contributed by atoms with Crippen LogP contribution in [0.2, 0.25) is 10.0 Å². The van der Waals surface area contributed by atoms with Crippen LogP contribution in [-0.4, -0.2) is 27.0 Å². The van der Waals surface area contributed by atoms with Gasteiger partial charge in [0.25, 0.3) is 0 Å². The number of amides is 2. The molecule has 5 nitrogen and oxygen atoms in total. The van der Waals surface area contributed by atoms with Gasteiger partial charge in [-0.3, -0.25) is 0 Å². The van der Waals surface area contributed by atoms with Crippen molar-refractivity contribution in [1.82, 2.24) is 19.8 Å². The summed E-state index contributed by atoms with van der Waals surface area (Å²) in [6.07, 6.45) is 3.58. The first-order valence-corrected chi connectivity index (χ1v) is 7.79. The number of urea groups is 1. The molecule has 2 amide bonds. The van der Waals surface area contributed by atoms with Gasteiger partial charge in [0.15, 0.2) is 0 Å². The molecule has 7 heteroatoms. The lowest BCUT2D eigenvalue weighted by Crippen LogP contribution is -2.44. The van der Waals surface area contributed by atoms with Crippen molar-refractivity contribution in [2.75, 3.05) is 6.54 Å². The maximum atomic E-state index is 12.4. The number of imidazole rings is 1. The number of nitrogens with one attached hydrogen (secondary N) is 1. The number of aromatic nitrogens is 2. The fourth-order valence-electron chi connectivity index (χ4n) is 2.56. The van der Waals surface area contributed by atoms with Gasteiger partial charge in [0, 0.05) is 29.3 Å². The number of carbonyl (C=O) groups is 1. The number of benzene rings is 1. The van der Waals surface area contributed by atoms with Gasteiger partial charge in [-0.15, -0.1) is 0 Å². The number of halogens is 2. The summed E-state index contributed by atoms with van der Waals surface area (Å²) < 4.78 is 2.06. The minimum absolute atomic E-state index is 0.106. The molecule has 3 rings (SSSR count). The third-order valence-electron chi connectivity index (χ3n) is 3.82. The van der Waals surface area contributed by atoms with Gasteiger partial charge in [-0.05, 0) is 24.6 Å². The molecule has 0 radical (unpaired) electrons. The van der Waals surface area contributed by atoms with Crippen LogP contribution in [0.3, 0.4) is 0 Å². The second kappa shape index (κ2) is 6.18. The van der Waals surface area contributed by atoms with E-state index < -0.39 is 0 Å². The normalized spacial score (nSPS) is 15.3. The van der Waals surface area contributed by atoms with Crippen LogP contribution < -0.4 is 5.32 Å². The molecule has 2 heterocycles. The van der Waals surface area contributed by atoms with Crippen LogP contribution >= 0.6 is 23.2 Å². The molecule has 1 aliphatic heterocycles. The van der Waals surface area contributed by atoms with Gasteiger partial charge in [0.05, 0.1) is 24.6 Å². The minimum atomic E-state index is -0.191. The molecule has 0 unspecified atom stereocenters. The Morgan fingerprint density at radius 1 is 1.36 bits per heavy atom. The first-order chi connectivity index (χ1) is 10.5. The van der Waals surface area contributed by atoms with Gasteiger partial charge < -0.3 is 14.8 Å². The summed E-state index contributed by atoms with van der Waals surface area (Å²) in [7, 11) is 0. The summed E-state index contributed by atoms with van der Waals surface area (Å²) in [5.41, 5.74) is 1.89. The molecule has 1 aliphatic rings. The molecule has 1 aromatic carbocycles. The van der Waals surface area contributed by atoms with E-state index in [1.54, 1.807) is 29.6 Å². The lowest BCUT2D eigenvalue weighted by Gasteiger charge is -2.29. The SMILES string of the molecule is C[C@H](NC(=O)N1CCn2cncc2C1)c1ccc(Cl)cc1Cl. The van der Waals surface area contributed by atoms with E-state index in [2.05, 4.69) is 14.9 Å². The summed E-state index contributed by atoms with van der Waals surface area (Å²) in [6, 6.07) is 4.99. The Hall–Kier alpha value is -1.72. The number of nitrogens with zero attached hydrogens (tertiary/aromatic N) is 3. The molecule has 0 spiro atoms. The molecule has 116 valence electrons. The monoisotopic (exact) mass is 338 g/mol. The maximum absolute atomic E-state index is 12.4. The molecule has 0 fully saturated rings. The predicted octanol–water partition coefficient (Wildman–Crippen LogP) is 3.48. The van der Waals surface area contributed by atoms with E-state index in [-0.39, 0.29) is 12.1 Å². The van der Waals surface area contributed by atoms with Gasteiger partial charge in [-0.2, -0.15) is 0 Å². The Morgan fingerprint density at radius 3 is 2.95 bits per heavy atom. The van der Waals surface area contributed by atoms with Crippen LogP contribution in [0.4, 0.5) is 4.79 Å². The maximum Gasteiger partial charge on any atom is 0.318 e. The fraction of sp³-hybridized carbons (Fsp3) is 0.333. The lowest BCUT2D eigenvalue weighted by molar-refractivity contribution is 0.180. The standard InChI is InChI=1S/C15H16Cl2N4O/c1-10(13-3-2-11(16)6-14(13)17)19-15(22)20-4-5-21-9-18-7-12(21)8-20/h2-3,6-7,9-10H,4-5,8H2,1H3,(H,19,22)/t10-/m0/s1. The quantitative estimate of drug-likeness (QED) is 0.911. The Morgan fingerprint density at radius 2 is 2.18 bits per heavy atom. The summed E-state index contributed by atoms with van der Waals surface area (Å²) >= 11 is 12.1. The Labute approximate surface area is 138 Å². The van der Waals surface area contributed by atoms with E-state index in [0.717, 1.165) is 17.8 Å². The predicted molar refractivity (Wildman–Crippen MR) is 86.0 cm³/mol. The molecule has 0 bridgehead atoms. The highest BCUT2D eigenvalue weighted by Crippen LogP contribution is 2.26. The number of rotatable bonds is 2. The summed E-state index contributed by atoms with van der Waals surface area (Å²) in [5, 5.41) is 4.11. The number of hydrogen-bond donors (Lipinski definition) is 1. The Balaban J connectivity index is 1.67. The Bertz CT molecular complexity index is 701. The molecule has 1 N–H and O–H groups in total. The third kappa shape index (κ3) is 3.05. The van der Waals surface area contributed by atoms with Crippen LogP contribution in [0.1, 0.15) is 24.2 Å². The molecule has 2 aromatic rings. The topological polar surface area (TPSA) is 50.2 Å². The molecule has 0 aliphatic carbocycles. The number of carbonyl (C=O) groups excluding carboxylic acids is 1. The molecule has 0 saturated carbocycles. The van der Waals surface area contributed by atoms with E-state index in [1.165, 1.54) is 0 Å². The third-order valence-corrected chi connectivity index (χ3v) is 4.38. The van der Waals surface area contributed by atoms with Crippen LogP contribution in [0.25, 0.3) is 0 Å². The van der Waals surface area contributed by atoms with Gasteiger partial charge >= 0.3 is 6.03 Å². The van der Waals surface area contributed by atoms with Crippen molar-refractivity contribution >= 4 is 29.2 Å². The van der Waals surface area contributed by atoms with Crippen molar-refractivity contribution < 1.29 is 4.79 Å². The van der Waals surface area contributed by atoms with E-state index >= 15 is 0 Å². The molecular weight excluding hydrogens is 323 g/mol. The first kappa shape index (κ1) is 15.2. The molecule has 22 heavy (non-hydrogen) atoms. The van der Waals surface area contributed by atoms with E-state index in [1.807, 2.05) is 13.0 Å². The van der Waals surface area contributed by atoms with Crippen molar-refractivity contribution in [1.29, 1.82) is 0 Å². The Kier molecular flexibility index (Phi) is 4.27. The molecular formula is C15H16Cl2N4O. The average molecular weight is 339 g/mol. The van der Waals surface area contributed by atoms with Crippen molar-refractivity contribution in [2.24, 2.45) is 0 Å². The summed E-state index contributed by atoms with van der Waals surface area (Å²) in [4.78, 5) is 18.3. The highest BCUT2D eigenvalue weighted by Gasteiger charge is 2.22. The molecule has 1 atom stereocenters. The van der Waals surface area contributed by atoms with Gasteiger partial charge in [0.1, 0.15) is 0 Å². The van der Waals surface area contributed by atoms with E-state index in [4.69, 9.17) is 23.2 Å². The van der Waals surface area contributed by atoms with Crippen molar-refractivity contribution in [3.05, 3.63) is 52.0 Å². The highest BCUT2D eigenvalue weighted by atomic mass is 35.5. The smallest absolute Gasteiger partial charge is 0.318 e. The van der Waals surface area contributed by atoms with E-state index in [0.29, 0.717) is 23.1 Å². The van der Waals surface area contributed by atoms with Crippen LogP contribution in [-0.2, 0) is 13.1 Å². The zero-order valence-corrected chi connectivity index (χ0v) is 13.6. The second-order valence-corrected chi connectivity index (χ2v) is 6.18. The van der Waals surface area contributed by atoms with Crippen molar-refractivity contribution in [3.8, 4) is 0 Å².